The molecule has 1 saturated heterocycles. The largest absolute Gasteiger partial charge is 0.360 e. The Morgan fingerprint density at radius 3 is 2.86 bits per heavy atom. The van der Waals surface area contributed by atoms with Crippen LogP contribution >= 0.6 is 0 Å². The van der Waals surface area contributed by atoms with Crippen LogP contribution < -0.4 is 5.32 Å². The van der Waals surface area contributed by atoms with Crippen LogP contribution in [0.15, 0.2) is 30.5 Å². The van der Waals surface area contributed by atoms with E-state index >= 15 is 0 Å². The van der Waals surface area contributed by atoms with Gasteiger partial charge in [0.15, 0.2) is 0 Å². The lowest BCUT2D eigenvalue weighted by Crippen LogP contribution is -2.43. The number of nitrogens with one attached hydrogen (secondary N) is 2. The summed E-state index contributed by atoms with van der Waals surface area (Å²) >= 11 is 0. The molecule has 4 heteroatoms. The van der Waals surface area contributed by atoms with Gasteiger partial charge in [0.25, 0.3) is 5.91 Å². The van der Waals surface area contributed by atoms with Gasteiger partial charge in [-0.2, -0.15) is 0 Å². The number of rotatable bonds is 4. The van der Waals surface area contributed by atoms with Gasteiger partial charge < -0.3 is 15.2 Å². The van der Waals surface area contributed by atoms with Crippen molar-refractivity contribution in [2.24, 2.45) is 0 Å². The maximum atomic E-state index is 12.4. The molecule has 1 aliphatic rings. The minimum absolute atomic E-state index is 0.0111. The lowest BCUT2D eigenvalue weighted by molar-refractivity contribution is 0.0927. The van der Waals surface area contributed by atoms with E-state index in [0.717, 1.165) is 36.1 Å². The number of piperidine rings is 1. The number of likely N-dealkylation sites (tertiary alicyclic amines) is 1. The maximum Gasteiger partial charge on any atom is 0.253 e. The molecule has 1 unspecified atom stereocenters. The standard InChI is InChI=1S/C17H23N3O/c1-13(12-20-9-5-2-6-10-20)19-17(21)15-11-18-16-8-4-3-7-14(15)16/h3-4,7-8,11,13,18H,2,5-6,9-10,12H2,1H3,(H,19,21). The minimum atomic E-state index is 0.0111. The van der Waals surface area contributed by atoms with Gasteiger partial charge in [0.1, 0.15) is 0 Å². The summed E-state index contributed by atoms with van der Waals surface area (Å²) in [5.41, 5.74) is 1.74. The highest BCUT2D eigenvalue weighted by molar-refractivity contribution is 6.06. The first-order valence-corrected chi connectivity index (χ1v) is 7.83. The molecule has 4 nitrogen and oxygen atoms in total. The Labute approximate surface area is 125 Å². The number of benzene rings is 1. The summed E-state index contributed by atoms with van der Waals surface area (Å²) in [4.78, 5) is 18.0. The molecule has 1 fully saturated rings. The Kier molecular flexibility index (Phi) is 4.25. The lowest BCUT2D eigenvalue weighted by Gasteiger charge is -2.29. The first-order chi connectivity index (χ1) is 10.2. The van der Waals surface area contributed by atoms with E-state index in [2.05, 4.69) is 22.1 Å². The first-order valence-electron chi connectivity index (χ1n) is 7.83. The van der Waals surface area contributed by atoms with Gasteiger partial charge in [-0.25, -0.2) is 0 Å². The molecule has 2 aromatic rings. The third kappa shape index (κ3) is 3.27. The molecule has 112 valence electrons. The zero-order valence-electron chi connectivity index (χ0n) is 12.6. The van der Waals surface area contributed by atoms with Crippen LogP contribution in [0.5, 0.6) is 0 Å². The van der Waals surface area contributed by atoms with E-state index in [1.807, 2.05) is 24.3 Å². The predicted molar refractivity (Wildman–Crippen MR) is 85.5 cm³/mol. The number of carbonyl (C=O) groups excluding carboxylic acids is 1. The summed E-state index contributed by atoms with van der Waals surface area (Å²) in [6, 6.07) is 8.08. The van der Waals surface area contributed by atoms with Crippen LogP contribution in [-0.2, 0) is 0 Å². The highest BCUT2D eigenvalue weighted by Crippen LogP contribution is 2.17. The fourth-order valence-electron chi connectivity index (χ4n) is 3.14. The second kappa shape index (κ2) is 6.31. The van der Waals surface area contributed by atoms with Crippen molar-refractivity contribution in [3.63, 3.8) is 0 Å². The van der Waals surface area contributed by atoms with Crippen molar-refractivity contribution in [3.8, 4) is 0 Å². The number of aromatic amines is 1. The summed E-state index contributed by atoms with van der Waals surface area (Å²) in [5, 5.41) is 4.11. The normalized spacial score (nSPS) is 17.8. The van der Waals surface area contributed by atoms with Crippen molar-refractivity contribution in [1.82, 2.24) is 15.2 Å². The molecule has 0 radical (unpaired) electrons. The van der Waals surface area contributed by atoms with Crippen LogP contribution in [0.4, 0.5) is 0 Å². The Bertz CT molecular complexity index is 613. The molecular weight excluding hydrogens is 262 g/mol. The van der Waals surface area contributed by atoms with Gasteiger partial charge in [0.2, 0.25) is 0 Å². The zero-order valence-corrected chi connectivity index (χ0v) is 12.6. The van der Waals surface area contributed by atoms with Gasteiger partial charge >= 0.3 is 0 Å². The molecule has 1 aromatic carbocycles. The van der Waals surface area contributed by atoms with Gasteiger partial charge in [0, 0.05) is 29.7 Å². The van der Waals surface area contributed by atoms with Crippen molar-refractivity contribution in [1.29, 1.82) is 0 Å². The van der Waals surface area contributed by atoms with Crippen LogP contribution in [0.25, 0.3) is 10.9 Å². The Balaban J connectivity index is 1.62. The molecule has 0 bridgehead atoms. The fraction of sp³-hybridized carbons (Fsp3) is 0.471. The van der Waals surface area contributed by atoms with Crippen molar-refractivity contribution >= 4 is 16.8 Å². The molecule has 0 spiro atoms. The number of aromatic nitrogens is 1. The molecule has 1 atom stereocenters. The zero-order chi connectivity index (χ0) is 14.7. The number of hydrogen-bond donors (Lipinski definition) is 2. The summed E-state index contributed by atoms with van der Waals surface area (Å²) in [6.07, 6.45) is 5.70. The summed E-state index contributed by atoms with van der Waals surface area (Å²) < 4.78 is 0. The van der Waals surface area contributed by atoms with Crippen LogP contribution in [0.3, 0.4) is 0 Å². The molecular formula is C17H23N3O. The number of amides is 1. The van der Waals surface area contributed by atoms with E-state index < -0.39 is 0 Å². The number of fused-ring (bicyclic) bond motifs is 1. The van der Waals surface area contributed by atoms with Crippen molar-refractivity contribution in [2.75, 3.05) is 19.6 Å². The van der Waals surface area contributed by atoms with Crippen LogP contribution in [-0.4, -0.2) is 41.5 Å². The van der Waals surface area contributed by atoms with E-state index in [0.29, 0.717) is 0 Å². The number of hydrogen-bond acceptors (Lipinski definition) is 2. The highest BCUT2D eigenvalue weighted by Gasteiger charge is 2.17. The third-order valence-electron chi connectivity index (χ3n) is 4.19. The second-order valence-electron chi connectivity index (χ2n) is 5.98. The summed E-state index contributed by atoms with van der Waals surface area (Å²) in [6.45, 7) is 5.34. The van der Waals surface area contributed by atoms with E-state index in [4.69, 9.17) is 0 Å². The van der Waals surface area contributed by atoms with Crippen LogP contribution in [0.1, 0.15) is 36.5 Å². The SMILES string of the molecule is CC(CN1CCCCC1)NC(=O)c1c[nH]c2ccccc12. The molecule has 2 heterocycles. The number of H-pyrrole nitrogens is 1. The Morgan fingerprint density at radius 1 is 1.29 bits per heavy atom. The van der Waals surface area contributed by atoms with Gasteiger partial charge in [-0.1, -0.05) is 24.6 Å². The molecule has 2 N–H and O–H groups in total. The number of para-hydroxylation sites is 1. The Hall–Kier alpha value is -1.81. The number of carbonyl (C=O) groups is 1. The fourth-order valence-corrected chi connectivity index (χ4v) is 3.14. The van der Waals surface area contributed by atoms with Crippen molar-refractivity contribution in [2.45, 2.75) is 32.2 Å². The van der Waals surface area contributed by atoms with E-state index in [-0.39, 0.29) is 11.9 Å². The summed E-state index contributed by atoms with van der Waals surface area (Å²) in [7, 11) is 0. The topological polar surface area (TPSA) is 48.1 Å². The highest BCUT2D eigenvalue weighted by atomic mass is 16.1. The monoisotopic (exact) mass is 285 g/mol. The molecule has 1 aromatic heterocycles. The molecule has 1 amide bonds. The average molecular weight is 285 g/mol. The Morgan fingerprint density at radius 2 is 2.05 bits per heavy atom. The van der Waals surface area contributed by atoms with Gasteiger partial charge in [-0.3, -0.25) is 4.79 Å². The van der Waals surface area contributed by atoms with E-state index in [1.54, 1.807) is 6.20 Å². The summed E-state index contributed by atoms with van der Waals surface area (Å²) in [5.74, 6) is 0.0111. The van der Waals surface area contributed by atoms with Crippen molar-refractivity contribution < 1.29 is 4.79 Å². The van der Waals surface area contributed by atoms with E-state index in [9.17, 15) is 4.79 Å². The number of nitrogens with zero attached hydrogens (tertiary/aromatic N) is 1. The smallest absolute Gasteiger partial charge is 0.253 e. The lowest BCUT2D eigenvalue weighted by atomic mass is 10.1. The van der Waals surface area contributed by atoms with Crippen molar-refractivity contribution in [3.05, 3.63) is 36.0 Å². The molecule has 1 aliphatic heterocycles. The first kappa shape index (κ1) is 14.1. The average Bonchev–Trinajstić information content (AvgIpc) is 2.92. The van der Waals surface area contributed by atoms with Gasteiger partial charge in [-0.15, -0.1) is 0 Å². The van der Waals surface area contributed by atoms with Crippen LogP contribution in [0.2, 0.25) is 0 Å². The maximum absolute atomic E-state index is 12.4. The molecule has 0 saturated carbocycles. The predicted octanol–water partition coefficient (Wildman–Crippen LogP) is 2.77. The van der Waals surface area contributed by atoms with Gasteiger partial charge in [0.05, 0.1) is 5.56 Å². The van der Waals surface area contributed by atoms with Crippen LogP contribution in [0, 0.1) is 0 Å². The van der Waals surface area contributed by atoms with Gasteiger partial charge in [-0.05, 0) is 38.9 Å². The van der Waals surface area contributed by atoms with E-state index in [1.165, 1.54) is 19.3 Å². The minimum Gasteiger partial charge on any atom is -0.360 e. The molecule has 0 aliphatic carbocycles. The quantitative estimate of drug-likeness (QED) is 0.907. The molecule has 3 rings (SSSR count). The molecule has 21 heavy (non-hydrogen) atoms. The third-order valence-corrected chi connectivity index (χ3v) is 4.19. The second-order valence-corrected chi connectivity index (χ2v) is 5.98.